The van der Waals surface area contributed by atoms with E-state index in [4.69, 9.17) is 9.47 Å². The highest BCUT2D eigenvalue weighted by molar-refractivity contribution is 5.90. The van der Waals surface area contributed by atoms with E-state index < -0.39 is 62.1 Å². The van der Waals surface area contributed by atoms with Crippen LogP contribution >= 0.6 is 0 Å². The van der Waals surface area contributed by atoms with Crippen molar-refractivity contribution in [3.63, 3.8) is 0 Å². The number of benzene rings is 4. The van der Waals surface area contributed by atoms with E-state index in [1.807, 2.05) is 0 Å². The molecule has 0 atom stereocenters. The van der Waals surface area contributed by atoms with Gasteiger partial charge in [-0.05, 0) is 42.5 Å². The predicted molar refractivity (Wildman–Crippen MR) is 165 cm³/mol. The molecule has 0 aromatic heterocycles. The number of piperazine rings is 1. The first-order chi connectivity index (χ1) is 23.6. The van der Waals surface area contributed by atoms with Crippen molar-refractivity contribution in [3.8, 4) is 23.0 Å². The quantitative estimate of drug-likeness (QED) is 0.0724. The molecule has 0 N–H and O–H groups in total. The zero-order valence-electron chi connectivity index (χ0n) is 25.7. The molecule has 1 saturated heterocycles. The van der Waals surface area contributed by atoms with Crippen LogP contribution in [0.1, 0.15) is 21.5 Å². The first-order valence-electron chi connectivity index (χ1n) is 14.4. The summed E-state index contributed by atoms with van der Waals surface area (Å²) in [6.07, 6.45) is -9.64. The van der Waals surface area contributed by atoms with E-state index in [0.29, 0.717) is 6.07 Å². The van der Waals surface area contributed by atoms with Crippen LogP contribution < -0.4 is 19.3 Å². The molecule has 0 saturated carbocycles. The number of hydrogen-bond acceptors (Lipinski definition) is 10. The maximum atomic E-state index is 14.3. The van der Waals surface area contributed by atoms with Crippen LogP contribution in [-0.2, 0) is 17.1 Å². The Morgan fingerprint density at radius 1 is 0.680 bits per heavy atom. The Hall–Kier alpha value is -6.07. The maximum Gasteiger partial charge on any atom is 0.418 e. The van der Waals surface area contributed by atoms with E-state index in [2.05, 4.69) is 4.74 Å². The fourth-order valence-electron chi connectivity index (χ4n) is 5.20. The summed E-state index contributed by atoms with van der Waals surface area (Å²) in [4.78, 5) is 36.6. The fourth-order valence-corrected chi connectivity index (χ4v) is 5.20. The lowest BCUT2D eigenvalue weighted by Crippen LogP contribution is -2.47. The van der Waals surface area contributed by atoms with Crippen molar-refractivity contribution in [2.75, 3.05) is 43.1 Å². The van der Waals surface area contributed by atoms with Gasteiger partial charge in [-0.3, -0.25) is 20.2 Å². The summed E-state index contributed by atoms with van der Waals surface area (Å²) in [6.45, 7) is -0.144. The van der Waals surface area contributed by atoms with Crippen molar-refractivity contribution in [1.29, 1.82) is 0 Å². The van der Waals surface area contributed by atoms with Crippen LogP contribution in [0.5, 0.6) is 23.0 Å². The van der Waals surface area contributed by atoms with Crippen molar-refractivity contribution < 1.29 is 55.2 Å². The Kier molecular flexibility index (Phi) is 9.73. The normalized spacial score (nSPS) is 13.5. The molecule has 5 rings (SSSR count). The van der Waals surface area contributed by atoms with Gasteiger partial charge in [-0.15, -0.1) is 0 Å². The number of esters is 1. The number of ether oxygens (including phenoxy) is 3. The maximum absolute atomic E-state index is 14.3. The summed E-state index contributed by atoms with van der Waals surface area (Å²) in [5, 5.41) is 23.7. The number of alkyl halides is 6. The molecule has 12 nitrogen and oxygen atoms in total. The second kappa shape index (κ2) is 13.8. The van der Waals surface area contributed by atoms with E-state index in [1.165, 1.54) is 47.4 Å². The molecule has 0 amide bonds. The number of anilines is 2. The van der Waals surface area contributed by atoms with Crippen molar-refractivity contribution in [1.82, 2.24) is 0 Å². The number of rotatable bonds is 9. The Balaban J connectivity index is 1.48. The van der Waals surface area contributed by atoms with E-state index in [1.54, 1.807) is 4.90 Å². The molecule has 1 heterocycles. The van der Waals surface area contributed by atoms with Gasteiger partial charge >= 0.3 is 29.7 Å². The van der Waals surface area contributed by atoms with Gasteiger partial charge in [0.15, 0.2) is 11.5 Å². The van der Waals surface area contributed by atoms with Gasteiger partial charge < -0.3 is 24.0 Å². The molecule has 50 heavy (non-hydrogen) atoms. The van der Waals surface area contributed by atoms with Crippen LogP contribution in [0.4, 0.5) is 49.1 Å². The molecule has 1 aliphatic rings. The number of halogens is 6. The highest BCUT2D eigenvalue weighted by Crippen LogP contribution is 2.46. The largest absolute Gasteiger partial charge is 0.465 e. The highest BCUT2D eigenvalue weighted by atomic mass is 19.4. The topological polar surface area (TPSA) is 138 Å². The average Bonchev–Trinajstić information content (AvgIpc) is 3.07. The van der Waals surface area contributed by atoms with Gasteiger partial charge in [-0.1, -0.05) is 18.2 Å². The number of methoxy groups -OCH3 is 1. The van der Waals surface area contributed by atoms with Crippen LogP contribution in [0.3, 0.4) is 0 Å². The zero-order chi connectivity index (χ0) is 36.4. The average molecular weight is 707 g/mol. The highest BCUT2D eigenvalue weighted by Gasteiger charge is 2.39. The lowest BCUT2D eigenvalue weighted by atomic mass is 10.1. The Morgan fingerprint density at radius 2 is 1.26 bits per heavy atom. The minimum atomic E-state index is -5.05. The lowest BCUT2D eigenvalue weighted by Gasteiger charge is -2.38. The molecule has 0 unspecified atom stereocenters. The van der Waals surface area contributed by atoms with E-state index in [9.17, 15) is 51.4 Å². The summed E-state index contributed by atoms with van der Waals surface area (Å²) in [5.41, 5.74) is -4.32. The van der Waals surface area contributed by atoms with Gasteiger partial charge in [-0.25, -0.2) is 4.79 Å². The minimum absolute atomic E-state index is 0.0238. The van der Waals surface area contributed by atoms with Crippen LogP contribution in [0, 0.1) is 20.2 Å². The number of hydrogen-bond donors (Lipinski definition) is 0. The number of nitro benzene ring substituents is 2. The molecule has 262 valence electrons. The first-order valence-corrected chi connectivity index (χ1v) is 14.4. The molecule has 0 aliphatic carbocycles. The lowest BCUT2D eigenvalue weighted by molar-refractivity contribution is -0.386. The number of para-hydroxylation sites is 2. The third kappa shape index (κ3) is 7.63. The first kappa shape index (κ1) is 35.2. The summed E-state index contributed by atoms with van der Waals surface area (Å²) < 4.78 is 98.7. The number of carbonyl (C=O) groups excluding carboxylic acids is 1. The number of nitro groups is 2. The molecule has 0 radical (unpaired) electrons. The van der Waals surface area contributed by atoms with Crippen molar-refractivity contribution in [3.05, 3.63) is 116 Å². The molecule has 18 heteroatoms. The molecule has 4 aromatic rings. The molecule has 0 spiro atoms. The van der Waals surface area contributed by atoms with Gasteiger partial charge in [0.1, 0.15) is 0 Å². The van der Waals surface area contributed by atoms with E-state index in [-0.39, 0.29) is 54.7 Å². The second-order valence-electron chi connectivity index (χ2n) is 10.7. The van der Waals surface area contributed by atoms with Crippen LogP contribution in [0.15, 0.2) is 78.9 Å². The summed E-state index contributed by atoms with van der Waals surface area (Å²) in [6, 6.07) is 14.3. The molecule has 1 fully saturated rings. The van der Waals surface area contributed by atoms with Gasteiger partial charge in [0, 0.05) is 50.1 Å². The fraction of sp³-hybridized carbons (Fsp3) is 0.219. The van der Waals surface area contributed by atoms with Crippen LogP contribution in [0.2, 0.25) is 0 Å². The monoisotopic (exact) mass is 706 g/mol. The summed E-state index contributed by atoms with van der Waals surface area (Å²) in [5.74, 6) is -2.32. The van der Waals surface area contributed by atoms with Gasteiger partial charge in [0.25, 0.3) is 0 Å². The number of nitrogens with zero attached hydrogens (tertiary/aromatic N) is 4. The zero-order valence-corrected chi connectivity index (χ0v) is 25.7. The van der Waals surface area contributed by atoms with Gasteiger partial charge in [0.05, 0.1) is 39.3 Å². The third-order valence-electron chi connectivity index (χ3n) is 7.60. The Labute approximate surface area is 278 Å². The number of carbonyl (C=O) groups is 1. The minimum Gasteiger partial charge on any atom is -0.465 e. The third-order valence-corrected chi connectivity index (χ3v) is 7.60. The van der Waals surface area contributed by atoms with Crippen molar-refractivity contribution in [2.24, 2.45) is 0 Å². The SMILES string of the molecule is COC(=O)c1ccc(Oc2ccccc2Oc2cc(N3CCN(c4cccc(C(F)(F)F)c4)CC3)c(C(F)(F)F)cc2[N+](=O)[O-])c([N+](=O)[O-])c1. The van der Waals surface area contributed by atoms with Gasteiger partial charge in [0.2, 0.25) is 11.5 Å². The Bertz CT molecular complexity index is 1940. The van der Waals surface area contributed by atoms with E-state index in [0.717, 1.165) is 37.4 Å². The molecule has 1 aliphatic heterocycles. The van der Waals surface area contributed by atoms with Crippen molar-refractivity contribution in [2.45, 2.75) is 12.4 Å². The molecule has 0 bridgehead atoms. The van der Waals surface area contributed by atoms with Gasteiger partial charge in [-0.2, -0.15) is 26.3 Å². The van der Waals surface area contributed by atoms with E-state index >= 15 is 0 Å². The molecular weight excluding hydrogens is 682 g/mol. The standard InChI is InChI=1S/C32H24F6N4O8/c1-48-30(43)19-9-10-26(24(15-19)41(44)45)49-27-7-2-3-8-28(27)50-29-18-23(22(32(36,37)38)17-25(29)42(46)47)40-13-11-39(12-14-40)21-6-4-5-20(16-21)31(33,34)35/h2-10,15-18H,11-14H2,1H3. The smallest absolute Gasteiger partial charge is 0.418 e. The second-order valence-corrected chi connectivity index (χ2v) is 10.7. The van der Waals surface area contributed by atoms with Crippen LogP contribution in [0.25, 0.3) is 0 Å². The summed E-state index contributed by atoms with van der Waals surface area (Å²) in [7, 11) is 1.08. The summed E-state index contributed by atoms with van der Waals surface area (Å²) >= 11 is 0. The van der Waals surface area contributed by atoms with Crippen LogP contribution in [-0.4, -0.2) is 49.1 Å². The van der Waals surface area contributed by atoms with Crippen molar-refractivity contribution >= 4 is 28.7 Å². The molecular formula is C32H24F6N4O8. The Morgan fingerprint density at radius 3 is 1.82 bits per heavy atom. The molecule has 4 aromatic carbocycles. The predicted octanol–water partition coefficient (Wildman–Crippen LogP) is 8.24.